The molecule has 0 aliphatic carbocycles. The van der Waals surface area contributed by atoms with Gasteiger partial charge in [-0.05, 0) is 11.8 Å². The van der Waals surface area contributed by atoms with Crippen LogP contribution in [0.25, 0.3) is 0 Å². The molecule has 86 valence electrons. The Kier molecular flexibility index (Phi) is 2.40. The van der Waals surface area contributed by atoms with Crippen molar-refractivity contribution in [3.63, 3.8) is 0 Å². The lowest BCUT2D eigenvalue weighted by molar-refractivity contribution is 0.410. The monoisotopic (exact) mass is 220 g/mol. The molecule has 0 aromatic carbocycles. The van der Waals surface area contributed by atoms with Gasteiger partial charge in [0.25, 0.3) is 0 Å². The normalized spacial score (nSPS) is 28.2. The topological polar surface area (TPSA) is 50.3 Å². The summed E-state index contributed by atoms with van der Waals surface area (Å²) >= 11 is 0. The Hall–Kier alpha value is -1.36. The standard InChI is InChI=1S/C11H16N4O/c1-16-10-4-13-11(14-5-10)15-6-8-2-12-3-9(8)7-15/h4-5,8-9,12H,2-3,6-7H2,1H3/t8-,9+. The van der Waals surface area contributed by atoms with Crippen molar-refractivity contribution in [2.24, 2.45) is 11.8 Å². The number of nitrogens with one attached hydrogen (secondary N) is 1. The van der Waals surface area contributed by atoms with Crippen molar-refractivity contribution < 1.29 is 4.74 Å². The first-order chi connectivity index (χ1) is 7.86. The number of anilines is 1. The lowest BCUT2D eigenvalue weighted by Gasteiger charge is -2.16. The molecular formula is C11H16N4O. The molecule has 3 heterocycles. The quantitative estimate of drug-likeness (QED) is 0.768. The molecule has 0 unspecified atom stereocenters. The van der Waals surface area contributed by atoms with E-state index in [-0.39, 0.29) is 0 Å². The number of rotatable bonds is 2. The molecule has 2 atom stereocenters. The summed E-state index contributed by atoms with van der Waals surface area (Å²) in [5, 5.41) is 3.43. The van der Waals surface area contributed by atoms with Crippen molar-refractivity contribution in [2.45, 2.75) is 0 Å². The van der Waals surface area contributed by atoms with Crippen molar-refractivity contribution in [1.29, 1.82) is 0 Å². The van der Waals surface area contributed by atoms with Crippen molar-refractivity contribution >= 4 is 5.95 Å². The number of hydrogen-bond acceptors (Lipinski definition) is 5. The van der Waals surface area contributed by atoms with Crippen LogP contribution >= 0.6 is 0 Å². The summed E-state index contributed by atoms with van der Waals surface area (Å²) in [7, 11) is 1.63. The number of nitrogens with zero attached hydrogens (tertiary/aromatic N) is 3. The molecule has 0 bridgehead atoms. The Labute approximate surface area is 94.8 Å². The van der Waals surface area contributed by atoms with Crippen LogP contribution in [-0.2, 0) is 0 Å². The maximum atomic E-state index is 5.05. The highest BCUT2D eigenvalue weighted by Crippen LogP contribution is 2.28. The molecule has 0 radical (unpaired) electrons. The molecule has 5 heteroatoms. The van der Waals surface area contributed by atoms with E-state index in [1.807, 2.05) is 0 Å². The minimum atomic E-state index is 0.713. The Morgan fingerprint density at radius 1 is 1.25 bits per heavy atom. The van der Waals surface area contributed by atoms with Crippen LogP contribution in [0.15, 0.2) is 12.4 Å². The number of hydrogen-bond donors (Lipinski definition) is 1. The van der Waals surface area contributed by atoms with E-state index < -0.39 is 0 Å². The zero-order valence-electron chi connectivity index (χ0n) is 9.39. The van der Waals surface area contributed by atoms with Gasteiger partial charge in [-0.15, -0.1) is 0 Å². The summed E-state index contributed by atoms with van der Waals surface area (Å²) < 4.78 is 5.05. The molecule has 1 aromatic heterocycles. The highest BCUT2D eigenvalue weighted by molar-refractivity contribution is 5.34. The minimum absolute atomic E-state index is 0.713. The Morgan fingerprint density at radius 2 is 1.88 bits per heavy atom. The SMILES string of the molecule is COc1cnc(N2C[C@H]3CNC[C@H]3C2)nc1. The Morgan fingerprint density at radius 3 is 2.44 bits per heavy atom. The van der Waals surface area contributed by atoms with Crippen LogP contribution in [0.5, 0.6) is 5.75 Å². The second-order valence-electron chi connectivity index (χ2n) is 4.51. The maximum absolute atomic E-state index is 5.05. The molecule has 16 heavy (non-hydrogen) atoms. The van der Waals surface area contributed by atoms with Gasteiger partial charge in [0, 0.05) is 26.2 Å². The molecule has 2 aliphatic heterocycles. The first-order valence-electron chi connectivity index (χ1n) is 5.68. The minimum Gasteiger partial charge on any atom is -0.494 e. The number of fused-ring (bicyclic) bond motifs is 1. The van der Waals surface area contributed by atoms with E-state index in [2.05, 4.69) is 20.2 Å². The van der Waals surface area contributed by atoms with Gasteiger partial charge in [0.1, 0.15) is 0 Å². The molecule has 5 nitrogen and oxygen atoms in total. The highest BCUT2D eigenvalue weighted by atomic mass is 16.5. The Balaban J connectivity index is 1.73. The summed E-state index contributed by atoms with van der Waals surface area (Å²) in [6.07, 6.45) is 3.46. The van der Waals surface area contributed by atoms with Gasteiger partial charge < -0.3 is 15.0 Å². The van der Waals surface area contributed by atoms with E-state index in [0.717, 1.165) is 44.0 Å². The number of aromatic nitrogens is 2. The van der Waals surface area contributed by atoms with Gasteiger partial charge in [0.2, 0.25) is 5.95 Å². The lowest BCUT2D eigenvalue weighted by atomic mass is 10.0. The summed E-state index contributed by atoms with van der Waals surface area (Å²) in [4.78, 5) is 10.9. The molecule has 2 aliphatic rings. The molecule has 2 fully saturated rings. The van der Waals surface area contributed by atoms with Crippen molar-refractivity contribution in [1.82, 2.24) is 15.3 Å². The maximum Gasteiger partial charge on any atom is 0.225 e. The van der Waals surface area contributed by atoms with Crippen LogP contribution < -0.4 is 15.0 Å². The first-order valence-corrected chi connectivity index (χ1v) is 5.68. The largest absolute Gasteiger partial charge is 0.494 e. The molecule has 3 rings (SSSR count). The molecule has 1 N–H and O–H groups in total. The molecule has 0 spiro atoms. The van der Waals surface area contributed by atoms with E-state index in [1.165, 1.54) is 0 Å². The molecule has 0 amide bonds. The van der Waals surface area contributed by atoms with Crippen molar-refractivity contribution in [3.05, 3.63) is 12.4 Å². The van der Waals surface area contributed by atoms with E-state index >= 15 is 0 Å². The average Bonchev–Trinajstić information content (AvgIpc) is 2.89. The molecule has 1 aromatic rings. The third kappa shape index (κ3) is 1.61. The van der Waals surface area contributed by atoms with Gasteiger partial charge in [-0.2, -0.15) is 0 Å². The second kappa shape index (κ2) is 3.90. The van der Waals surface area contributed by atoms with Crippen LogP contribution in [0.3, 0.4) is 0 Å². The predicted octanol–water partition coefficient (Wildman–Crippen LogP) is 0.141. The zero-order chi connectivity index (χ0) is 11.0. The highest BCUT2D eigenvalue weighted by Gasteiger charge is 2.36. The average molecular weight is 220 g/mol. The van der Waals surface area contributed by atoms with Gasteiger partial charge in [0.05, 0.1) is 19.5 Å². The van der Waals surface area contributed by atoms with E-state index in [1.54, 1.807) is 19.5 Å². The van der Waals surface area contributed by atoms with Crippen LogP contribution in [0.1, 0.15) is 0 Å². The van der Waals surface area contributed by atoms with Crippen molar-refractivity contribution in [3.8, 4) is 5.75 Å². The van der Waals surface area contributed by atoms with E-state index in [4.69, 9.17) is 4.74 Å². The fourth-order valence-corrected chi connectivity index (χ4v) is 2.60. The predicted molar refractivity (Wildman–Crippen MR) is 60.6 cm³/mol. The first kappa shape index (κ1) is 9.84. The van der Waals surface area contributed by atoms with E-state index in [9.17, 15) is 0 Å². The van der Waals surface area contributed by atoms with Gasteiger partial charge in [-0.1, -0.05) is 0 Å². The van der Waals surface area contributed by atoms with Gasteiger partial charge in [0.15, 0.2) is 5.75 Å². The van der Waals surface area contributed by atoms with Gasteiger partial charge in [-0.3, -0.25) is 0 Å². The summed E-state index contributed by atoms with van der Waals surface area (Å²) in [5.74, 6) is 3.08. The summed E-state index contributed by atoms with van der Waals surface area (Å²) in [6, 6.07) is 0. The fraction of sp³-hybridized carbons (Fsp3) is 0.636. The number of ether oxygens (including phenoxy) is 1. The van der Waals surface area contributed by atoms with Gasteiger partial charge in [-0.25, -0.2) is 9.97 Å². The molecule has 2 saturated heterocycles. The van der Waals surface area contributed by atoms with Crippen LogP contribution in [0.4, 0.5) is 5.95 Å². The van der Waals surface area contributed by atoms with Crippen molar-refractivity contribution in [2.75, 3.05) is 38.2 Å². The summed E-state index contributed by atoms with van der Waals surface area (Å²) in [6.45, 7) is 4.42. The second-order valence-corrected chi connectivity index (χ2v) is 4.51. The molecular weight excluding hydrogens is 204 g/mol. The third-order valence-corrected chi connectivity index (χ3v) is 3.52. The fourth-order valence-electron chi connectivity index (χ4n) is 2.60. The third-order valence-electron chi connectivity index (χ3n) is 3.52. The number of methoxy groups -OCH3 is 1. The molecule has 0 saturated carbocycles. The zero-order valence-corrected chi connectivity index (χ0v) is 9.39. The lowest BCUT2D eigenvalue weighted by Crippen LogP contribution is -2.26. The van der Waals surface area contributed by atoms with Crippen LogP contribution in [0.2, 0.25) is 0 Å². The summed E-state index contributed by atoms with van der Waals surface area (Å²) in [5.41, 5.74) is 0. The smallest absolute Gasteiger partial charge is 0.225 e. The van der Waals surface area contributed by atoms with Gasteiger partial charge >= 0.3 is 0 Å². The van der Waals surface area contributed by atoms with E-state index in [0.29, 0.717) is 5.75 Å². The van der Waals surface area contributed by atoms with Crippen LogP contribution in [-0.4, -0.2) is 43.3 Å². The van der Waals surface area contributed by atoms with Crippen LogP contribution in [0, 0.1) is 11.8 Å². The Bertz CT molecular complexity index is 355.